The van der Waals surface area contributed by atoms with Gasteiger partial charge >= 0.3 is 11.9 Å². The summed E-state index contributed by atoms with van der Waals surface area (Å²) in [6.07, 6.45) is 1.24. The van der Waals surface area contributed by atoms with Crippen molar-refractivity contribution in [1.82, 2.24) is 0 Å². The summed E-state index contributed by atoms with van der Waals surface area (Å²) in [6.45, 7) is 4.35. The Bertz CT molecular complexity index is 290. The summed E-state index contributed by atoms with van der Waals surface area (Å²) in [6, 6.07) is 0. The maximum absolute atomic E-state index is 10.7. The molecular weight excluding hydrogens is 200 g/mol. The molecule has 0 saturated heterocycles. The van der Waals surface area contributed by atoms with Gasteiger partial charge in [0.05, 0.1) is 0 Å². The van der Waals surface area contributed by atoms with Gasteiger partial charge in [-0.2, -0.15) is 0 Å². The highest BCUT2D eigenvalue weighted by Crippen LogP contribution is 2.23. The number of carboxylic acids is 2. The van der Waals surface area contributed by atoms with Crippen LogP contribution in [0.25, 0.3) is 0 Å². The zero-order chi connectivity index (χ0) is 12.2. The molecule has 0 bridgehead atoms. The van der Waals surface area contributed by atoms with Crippen molar-refractivity contribution in [2.75, 3.05) is 0 Å². The molecule has 2 atom stereocenters. The Labute approximate surface area is 88.0 Å². The van der Waals surface area contributed by atoms with Crippen LogP contribution in [0.1, 0.15) is 27.2 Å². The zero-order valence-electron chi connectivity index (χ0n) is 9.02. The van der Waals surface area contributed by atoms with E-state index in [9.17, 15) is 14.7 Å². The van der Waals surface area contributed by atoms with Crippen molar-refractivity contribution in [3.05, 3.63) is 11.6 Å². The maximum atomic E-state index is 10.7. The second kappa shape index (κ2) is 4.93. The van der Waals surface area contributed by atoms with Crippen molar-refractivity contribution >= 4 is 11.9 Å². The second-order valence-corrected chi connectivity index (χ2v) is 3.89. The molecule has 0 aromatic rings. The Morgan fingerprint density at radius 3 is 2.20 bits per heavy atom. The number of allylic oxidation sites excluding steroid dienone is 1. The molecule has 86 valence electrons. The van der Waals surface area contributed by atoms with Crippen LogP contribution >= 0.6 is 0 Å². The molecule has 0 spiro atoms. The van der Waals surface area contributed by atoms with E-state index in [0.717, 1.165) is 6.08 Å². The smallest absolute Gasteiger partial charge is 0.335 e. The first-order valence-corrected chi connectivity index (χ1v) is 4.53. The average Bonchev–Trinajstić information content (AvgIpc) is 2.01. The van der Waals surface area contributed by atoms with Crippen LogP contribution < -0.4 is 0 Å². The molecule has 0 aliphatic heterocycles. The summed E-state index contributed by atoms with van der Waals surface area (Å²) >= 11 is 0. The molecular formula is C10H16O5. The van der Waals surface area contributed by atoms with Gasteiger partial charge in [-0.3, -0.25) is 0 Å². The van der Waals surface area contributed by atoms with Crippen LogP contribution in [0.4, 0.5) is 0 Å². The Balaban J connectivity index is 4.56. The largest absolute Gasteiger partial charge is 0.479 e. The standard InChI is InChI=1S/C10H16O5/c1-6(5-8(11)12)4-7(2)10(3,15)9(13)14/h5,7,15H,4H2,1-3H3,(H,11,12)(H,13,14)/b6-5-/t7-,10+/m1/s1. The average molecular weight is 216 g/mol. The van der Waals surface area contributed by atoms with E-state index < -0.39 is 23.5 Å². The van der Waals surface area contributed by atoms with Gasteiger partial charge in [0.15, 0.2) is 5.60 Å². The number of carboxylic acid groups (broad SMARTS) is 2. The van der Waals surface area contributed by atoms with Gasteiger partial charge in [-0.25, -0.2) is 9.59 Å². The van der Waals surface area contributed by atoms with E-state index in [1.165, 1.54) is 6.92 Å². The third-order valence-electron chi connectivity index (χ3n) is 2.39. The molecule has 3 N–H and O–H groups in total. The predicted molar refractivity (Wildman–Crippen MR) is 53.4 cm³/mol. The Morgan fingerprint density at radius 1 is 1.40 bits per heavy atom. The van der Waals surface area contributed by atoms with Gasteiger partial charge in [-0.15, -0.1) is 0 Å². The number of rotatable bonds is 5. The molecule has 0 aliphatic carbocycles. The molecule has 0 aromatic heterocycles. The first-order valence-electron chi connectivity index (χ1n) is 4.53. The highest BCUT2D eigenvalue weighted by atomic mass is 16.4. The molecule has 0 radical (unpaired) electrons. The SMILES string of the molecule is C/C(=C/C(=O)O)C[C@@H](C)[C@](C)(O)C(=O)O. The predicted octanol–water partition coefficient (Wildman–Crippen LogP) is 0.879. The highest BCUT2D eigenvalue weighted by molar-refractivity contribution is 5.80. The molecule has 15 heavy (non-hydrogen) atoms. The van der Waals surface area contributed by atoms with Gasteiger partial charge in [-0.1, -0.05) is 12.5 Å². The van der Waals surface area contributed by atoms with Gasteiger partial charge in [0.25, 0.3) is 0 Å². The van der Waals surface area contributed by atoms with E-state index in [-0.39, 0.29) is 6.42 Å². The van der Waals surface area contributed by atoms with Crippen molar-refractivity contribution in [2.45, 2.75) is 32.8 Å². The Morgan fingerprint density at radius 2 is 1.87 bits per heavy atom. The maximum Gasteiger partial charge on any atom is 0.335 e. The number of aliphatic carboxylic acids is 2. The number of carbonyl (C=O) groups is 2. The topological polar surface area (TPSA) is 94.8 Å². The van der Waals surface area contributed by atoms with Gasteiger partial charge in [0.2, 0.25) is 0 Å². The highest BCUT2D eigenvalue weighted by Gasteiger charge is 2.36. The molecule has 0 unspecified atom stereocenters. The van der Waals surface area contributed by atoms with E-state index in [2.05, 4.69) is 0 Å². The molecule has 0 heterocycles. The normalized spacial score (nSPS) is 18.0. The summed E-state index contributed by atoms with van der Waals surface area (Å²) in [5, 5.41) is 26.7. The van der Waals surface area contributed by atoms with Crippen LogP contribution in [0, 0.1) is 5.92 Å². The number of hydrogen-bond donors (Lipinski definition) is 3. The number of aliphatic hydroxyl groups is 1. The quantitative estimate of drug-likeness (QED) is 0.593. The zero-order valence-corrected chi connectivity index (χ0v) is 9.02. The molecule has 0 fully saturated rings. The molecule has 0 aromatic carbocycles. The molecule has 0 saturated carbocycles. The summed E-state index contributed by atoms with van der Waals surface area (Å²) in [5.74, 6) is -2.93. The minimum absolute atomic E-state index is 0.228. The fraction of sp³-hybridized carbons (Fsp3) is 0.600. The fourth-order valence-corrected chi connectivity index (χ4v) is 1.16. The van der Waals surface area contributed by atoms with E-state index in [4.69, 9.17) is 10.2 Å². The first-order chi connectivity index (χ1) is 6.67. The fourth-order valence-electron chi connectivity index (χ4n) is 1.16. The van der Waals surface area contributed by atoms with Crippen molar-refractivity contribution in [2.24, 2.45) is 5.92 Å². The monoisotopic (exact) mass is 216 g/mol. The van der Waals surface area contributed by atoms with Gasteiger partial charge in [0.1, 0.15) is 0 Å². The molecule has 0 aliphatic rings. The first kappa shape index (κ1) is 13.6. The van der Waals surface area contributed by atoms with Crippen LogP contribution in [0.5, 0.6) is 0 Å². The minimum atomic E-state index is -1.84. The minimum Gasteiger partial charge on any atom is -0.479 e. The van der Waals surface area contributed by atoms with E-state index in [0.29, 0.717) is 5.57 Å². The lowest BCUT2D eigenvalue weighted by atomic mass is 9.86. The van der Waals surface area contributed by atoms with Crippen LogP contribution in [-0.4, -0.2) is 32.9 Å². The lowest BCUT2D eigenvalue weighted by molar-refractivity contribution is -0.161. The third kappa shape index (κ3) is 4.12. The van der Waals surface area contributed by atoms with E-state index in [1.807, 2.05) is 0 Å². The molecule has 0 rings (SSSR count). The van der Waals surface area contributed by atoms with Crippen LogP contribution in [-0.2, 0) is 9.59 Å². The van der Waals surface area contributed by atoms with Gasteiger partial charge < -0.3 is 15.3 Å². The van der Waals surface area contributed by atoms with Gasteiger partial charge in [-0.05, 0) is 26.2 Å². The molecule has 5 nitrogen and oxygen atoms in total. The summed E-state index contributed by atoms with van der Waals surface area (Å²) in [5.41, 5.74) is -1.32. The van der Waals surface area contributed by atoms with Crippen LogP contribution in [0.3, 0.4) is 0 Å². The van der Waals surface area contributed by atoms with Gasteiger partial charge in [0, 0.05) is 6.08 Å². The van der Waals surface area contributed by atoms with E-state index >= 15 is 0 Å². The second-order valence-electron chi connectivity index (χ2n) is 3.89. The van der Waals surface area contributed by atoms with Crippen molar-refractivity contribution in [3.8, 4) is 0 Å². The summed E-state index contributed by atoms with van der Waals surface area (Å²) in [4.78, 5) is 21.0. The summed E-state index contributed by atoms with van der Waals surface area (Å²) in [7, 11) is 0. The van der Waals surface area contributed by atoms with Crippen molar-refractivity contribution in [1.29, 1.82) is 0 Å². The Kier molecular flexibility index (Phi) is 4.48. The lowest BCUT2D eigenvalue weighted by Gasteiger charge is -2.25. The Hall–Kier alpha value is -1.36. The summed E-state index contributed by atoms with van der Waals surface area (Å²) < 4.78 is 0. The van der Waals surface area contributed by atoms with E-state index in [1.54, 1.807) is 13.8 Å². The van der Waals surface area contributed by atoms with Crippen LogP contribution in [0.15, 0.2) is 11.6 Å². The molecule has 0 amide bonds. The third-order valence-corrected chi connectivity index (χ3v) is 2.39. The van der Waals surface area contributed by atoms with Crippen molar-refractivity contribution in [3.63, 3.8) is 0 Å². The van der Waals surface area contributed by atoms with Crippen molar-refractivity contribution < 1.29 is 24.9 Å². The molecule has 5 heteroatoms. The van der Waals surface area contributed by atoms with Crippen LogP contribution in [0.2, 0.25) is 0 Å². The number of hydrogen-bond acceptors (Lipinski definition) is 3. The lowest BCUT2D eigenvalue weighted by Crippen LogP contribution is -2.41.